The third kappa shape index (κ3) is 1.91. The highest BCUT2D eigenvalue weighted by molar-refractivity contribution is 14.0. The summed E-state index contributed by atoms with van der Waals surface area (Å²) in [5.74, 6) is 0. The van der Waals surface area contributed by atoms with E-state index in [0.717, 1.165) is 0 Å². The molecule has 0 spiro atoms. The summed E-state index contributed by atoms with van der Waals surface area (Å²) in [6.07, 6.45) is 3.64. The number of hydrogen-bond donors (Lipinski definition) is 0. The molecule has 40 valence electrons. The molecule has 0 aliphatic carbocycles. The molecule has 0 unspecified atom stereocenters. The average molecular weight is 210 g/mol. The molecule has 0 N–H and O–H groups in total. The van der Waals surface area contributed by atoms with E-state index in [1.165, 1.54) is 0 Å². The number of halogens is 1. The van der Waals surface area contributed by atoms with E-state index in [0.29, 0.717) is 0 Å². The smallest absolute Gasteiger partial charge is 0.0489 e. The summed E-state index contributed by atoms with van der Waals surface area (Å²) in [6.45, 7) is 0. The van der Waals surface area contributed by atoms with Crippen molar-refractivity contribution in [2.45, 2.75) is 0 Å². The van der Waals surface area contributed by atoms with Gasteiger partial charge in [-0.05, 0) is 6.07 Å². The SMILES string of the molecule is Cn1cccn1.I. The van der Waals surface area contributed by atoms with Crippen molar-refractivity contribution in [3.63, 3.8) is 0 Å². The minimum Gasteiger partial charge on any atom is -0.276 e. The van der Waals surface area contributed by atoms with E-state index < -0.39 is 0 Å². The zero-order chi connectivity index (χ0) is 4.41. The Bertz CT molecular complexity index is 113. The Morgan fingerprint density at radius 1 is 1.57 bits per heavy atom. The van der Waals surface area contributed by atoms with Crippen LogP contribution in [0.3, 0.4) is 0 Å². The standard InChI is InChI=1S/C4H6N2.HI/c1-6-4-2-3-5-6;/h2-4H,1H3;1H. The zero-order valence-electron chi connectivity index (χ0n) is 4.03. The maximum atomic E-state index is 3.83. The molecule has 1 aromatic heterocycles. The number of hydrogen-bond acceptors (Lipinski definition) is 1. The number of nitrogens with zero attached hydrogens (tertiary/aromatic N) is 2. The largest absolute Gasteiger partial charge is 0.276 e. The molecule has 0 atom stereocenters. The predicted molar refractivity (Wildman–Crippen MR) is 38.6 cm³/mol. The summed E-state index contributed by atoms with van der Waals surface area (Å²) in [5, 5.41) is 3.83. The molecule has 0 saturated carbocycles. The molecule has 0 saturated heterocycles. The van der Waals surface area contributed by atoms with Gasteiger partial charge >= 0.3 is 0 Å². The maximum Gasteiger partial charge on any atom is 0.0489 e. The lowest BCUT2D eigenvalue weighted by atomic mass is 10.8. The molecular formula is C4H7IN2. The van der Waals surface area contributed by atoms with E-state index >= 15 is 0 Å². The lowest BCUT2D eigenvalue weighted by molar-refractivity contribution is 0.768. The van der Waals surface area contributed by atoms with E-state index in [1.54, 1.807) is 10.9 Å². The highest BCUT2D eigenvalue weighted by atomic mass is 127. The molecule has 1 aromatic rings. The van der Waals surface area contributed by atoms with Crippen molar-refractivity contribution < 1.29 is 0 Å². The van der Waals surface area contributed by atoms with Crippen LogP contribution in [0.2, 0.25) is 0 Å². The summed E-state index contributed by atoms with van der Waals surface area (Å²) < 4.78 is 1.75. The molecule has 0 aliphatic heterocycles. The molecule has 0 aromatic carbocycles. The van der Waals surface area contributed by atoms with Gasteiger partial charge in [0.1, 0.15) is 0 Å². The van der Waals surface area contributed by atoms with E-state index in [2.05, 4.69) is 5.10 Å². The van der Waals surface area contributed by atoms with Crippen molar-refractivity contribution >= 4 is 24.0 Å². The van der Waals surface area contributed by atoms with Gasteiger partial charge in [-0.25, -0.2) is 0 Å². The van der Waals surface area contributed by atoms with Crippen molar-refractivity contribution in [3.8, 4) is 0 Å². The summed E-state index contributed by atoms with van der Waals surface area (Å²) in [5.41, 5.74) is 0. The van der Waals surface area contributed by atoms with Gasteiger partial charge in [-0.2, -0.15) is 5.10 Å². The van der Waals surface area contributed by atoms with Crippen molar-refractivity contribution in [2.75, 3.05) is 0 Å². The first-order chi connectivity index (χ1) is 2.89. The Labute approximate surface area is 59.5 Å². The molecule has 3 heteroatoms. The second-order valence-electron chi connectivity index (χ2n) is 1.18. The van der Waals surface area contributed by atoms with Crippen LogP contribution in [0.1, 0.15) is 0 Å². The molecule has 1 heterocycles. The molecule has 0 radical (unpaired) electrons. The normalized spacial score (nSPS) is 7.57. The van der Waals surface area contributed by atoms with Crippen LogP contribution in [0.15, 0.2) is 18.5 Å². The lowest BCUT2D eigenvalue weighted by Gasteiger charge is -1.77. The molecule has 0 aliphatic rings. The minimum absolute atomic E-state index is 0. The highest BCUT2D eigenvalue weighted by Gasteiger charge is 1.69. The lowest BCUT2D eigenvalue weighted by Crippen LogP contribution is -1.83. The number of rotatable bonds is 0. The van der Waals surface area contributed by atoms with E-state index in [9.17, 15) is 0 Å². The van der Waals surface area contributed by atoms with Gasteiger partial charge in [-0.3, -0.25) is 4.68 Å². The zero-order valence-corrected chi connectivity index (χ0v) is 6.37. The van der Waals surface area contributed by atoms with Gasteiger partial charge in [0.15, 0.2) is 0 Å². The van der Waals surface area contributed by atoms with Gasteiger partial charge in [0.25, 0.3) is 0 Å². The molecule has 0 bridgehead atoms. The van der Waals surface area contributed by atoms with E-state index in [-0.39, 0.29) is 24.0 Å². The van der Waals surface area contributed by atoms with Crippen molar-refractivity contribution in [2.24, 2.45) is 7.05 Å². The second kappa shape index (κ2) is 3.01. The molecule has 7 heavy (non-hydrogen) atoms. The van der Waals surface area contributed by atoms with Gasteiger partial charge in [-0.1, -0.05) is 0 Å². The summed E-state index contributed by atoms with van der Waals surface area (Å²) in [6, 6.07) is 1.89. The third-order valence-corrected chi connectivity index (χ3v) is 0.637. The van der Waals surface area contributed by atoms with E-state index in [4.69, 9.17) is 0 Å². The van der Waals surface area contributed by atoms with Crippen LogP contribution in [0.4, 0.5) is 0 Å². The summed E-state index contributed by atoms with van der Waals surface area (Å²) >= 11 is 0. The first kappa shape index (κ1) is 6.94. The van der Waals surface area contributed by atoms with Gasteiger partial charge in [0.2, 0.25) is 0 Å². The topological polar surface area (TPSA) is 17.8 Å². The van der Waals surface area contributed by atoms with Crippen LogP contribution < -0.4 is 0 Å². The quantitative estimate of drug-likeness (QED) is 0.585. The monoisotopic (exact) mass is 210 g/mol. The Morgan fingerprint density at radius 3 is 2.43 bits per heavy atom. The highest BCUT2D eigenvalue weighted by Crippen LogP contribution is 1.73. The number of aromatic nitrogens is 2. The van der Waals surface area contributed by atoms with Crippen LogP contribution in [0.25, 0.3) is 0 Å². The first-order valence-electron chi connectivity index (χ1n) is 1.83. The van der Waals surface area contributed by atoms with Crippen molar-refractivity contribution in [1.29, 1.82) is 0 Å². The average Bonchev–Trinajstić information content (AvgIpc) is 1.86. The van der Waals surface area contributed by atoms with Crippen LogP contribution in [0.5, 0.6) is 0 Å². The van der Waals surface area contributed by atoms with Crippen LogP contribution in [0, 0.1) is 0 Å². The maximum absolute atomic E-state index is 3.83. The van der Waals surface area contributed by atoms with Gasteiger partial charge in [0, 0.05) is 19.4 Å². The van der Waals surface area contributed by atoms with Gasteiger partial charge < -0.3 is 0 Å². The van der Waals surface area contributed by atoms with Crippen LogP contribution in [-0.2, 0) is 7.05 Å². The molecule has 1 rings (SSSR count). The Morgan fingerprint density at radius 2 is 2.29 bits per heavy atom. The fourth-order valence-corrected chi connectivity index (χ4v) is 0.345. The fraction of sp³-hybridized carbons (Fsp3) is 0.250. The third-order valence-electron chi connectivity index (χ3n) is 0.637. The van der Waals surface area contributed by atoms with Crippen LogP contribution >= 0.6 is 24.0 Å². The Hall–Kier alpha value is -0.0600. The predicted octanol–water partition coefficient (Wildman–Crippen LogP) is 1.04. The minimum atomic E-state index is 0. The molecule has 0 fully saturated rings. The Kier molecular flexibility index (Phi) is 2.98. The van der Waals surface area contributed by atoms with Crippen molar-refractivity contribution in [3.05, 3.63) is 18.5 Å². The molecular weight excluding hydrogens is 203 g/mol. The fourth-order valence-electron chi connectivity index (χ4n) is 0.345. The van der Waals surface area contributed by atoms with Gasteiger partial charge in [-0.15, -0.1) is 24.0 Å². The Balaban J connectivity index is 0.000000360. The summed E-state index contributed by atoms with van der Waals surface area (Å²) in [4.78, 5) is 0. The van der Waals surface area contributed by atoms with E-state index in [1.807, 2.05) is 19.3 Å². The summed E-state index contributed by atoms with van der Waals surface area (Å²) in [7, 11) is 1.89. The first-order valence-corrected chi connectivity index (χ1v) is 1.83. The van der Waals surface area contributed by atoms with Crippen LogP contribution in [-0.4, -0.2) is 9.78 Å². The second-order valence-corrected chi connectivity index (χ2v) is 1.18. The molecule has 0 amide bonds. The number of aryl methyl sites for hydroxylation is 1. The van der Waals surface area contributed by atoms with Crippen molar-refractivity contribution in [1.82, 2.24) is 9.78 Å². The molecule has 2 nitrogen and oxygen atoms in total. The van der Waals surface area contributed by atoms with Gasteiger partial charge in [0.05, 0.1) is 0 Å².